The Morgan fingerprint density at radius 3 is 2.89 bits per heavy atom. The van der Waals surface area contributed by atoms with Gasteiger partial charge in [-0.25, -0.2) is 9.97 Å². The minimum absolute atomic E-state index is 0.369. The van der Waals surface area contributed by atoms with Crippen molar-refractivity contribution in [2.45, 2.75) is 32.3 Å². The van der Waals surface area contributed by atoms with E-state index in [9.17, 15) is 0 Å². The molecule has 3 aromatic heterocycles. The number of halogens is 1. The van der Waals surface area contributed by atoms with Crippen molar-refractivity contribution in [3.05, 3.63) is 70.1 Å². The number of thiophene rings is 1. The van der Waals surface area contributed by atoms with Gasteiger partial charge in [-0.1, -0.05) is 17.7 Å². The molecule has 0 spiro atoms. The first kappa shape index (κ1) is 24.6. The number of nitrogens with zero attached hydrogens (tertiary/aromatic N) is 4. The van der Waals surface area contributed by atoms with Crippen molar-refractivity contribution in [2.24, 2.45) is 5.92 Å². The van der Waals surface area contributed by atoms with Gasteiger partial charge in [0.15, 0.2) is 0 Å². The number of hydrogen-bond donors (Lipinski definition) is 1. The SMILES string of the molecule is Clc1cc(Nc2ncnc3sc4c(c23)CCC(CCN2CCOCC2)C4)ccc1OCc1ccccn1. The molecule has 4 aromatic rings. The molecule has 7 nitrogen and oxygen atoms in total. The van der Waals surface area contributed by atoms with E-state index in [-0.39, 0.29) is 0 Å². The Morgan fingerprint density at radius 2 is 2.05 bits per heavy atom. The second-order valence-electron chi connectivity index (χ2n) is 9.64. The summed E-state index contributed by atoms with van der Waals surface area (Å²) in [5, 5.41) is 5.19. The van der Waals surface area contributed by atoms with Crippen LogP contribution >= 0.6 is 22.9 Å². The number of pyridine rings is 1. The van der Waals surface area contributed by atoms with Gasteiger partial charge in [-0.15, -0.1) is 11.3 Å². The van der Waals surface area contributed by atoms with Crippen molar-refractivity contribution in [3.8, 4) is 5.75 Å². The molecule has 2 aliphatic rings. The molecule has 0 amide bonds. The maximum absolute atomic E-state index is 6.55. The molecule has 0 saturated carbocycles. The van der Waals surface area contributed by atoms with Crippen molar-refractivity contribution in [3.63, 3.8) is 0 Å². The second-order valence-corrected chi connectivity index (χ2v) is 11.1. The van der Waals surface area contributed by atoms with Crippen molar-refractivity contribution < 1.29 is 9.47 Å². The van der Waals surface area contributed by atoms with Crippen LogP contribution in [0.2, 0.25) is 5.02 Å². The molecule has 37 heavy (non-hydrogen) atoms. The molecule has 1 saturated heterocycles. The fourth-order valence-corrected chi connectivity index (χ4v) is 6.71. The van der Waals surface area contributed by atoms with E-state index in [1.54, 1.807) is 12.5 Å². The van der Waals surface area contributed by atoms with E-state index < -0.39 is 0 Å². The predicted molar refractivity (Wildman–Crippen MR) is 148 cm³/mol. The molecule has 0 radical (unpaired) electrons. The summed E-state index contributed by atoms with van der Waals surface area (Å²) in [5.74, 6) is 2.19. The van der Waals surface area contributed by atoms with E-state index in [0.717, 1.165) is 72.5 Å². The van der Waals surface area contributed by atoms with Crippen LogP contribution in [0.5, 0.6) is 5.75 Å². The van der Waals surface area contributed by atoms with Gasteiger partial charge in [0.1, 0.15) is 29.3 Å². The number of aryl methyl sites for hydroxylation is 1. The van der Waals surface area contributed by atoms with Crippen molar-refractivity contribution in [2.75, 3.05) is 38.2 Å². The molecule has 192 valence electrons. The first-order valence-electron chi connectivity index (χ1n) is 12.9. The van der Waals surface area contributed by atoms with E-state index in [2.05, 4.69) is 25.2 Å². The fraction of sp³-hybridized carbons (Fsp3) is 0.393. The Bertz CT molecular complexity index is 1360. The Balaban J connectivity index is 1.14. The number of fused-ring (bicyclic) bond motifs is 3. The molecule has 1 aromatic carbocycles. The Hall–Kier alpha value is -2.78. The zero-order valence-electron chi connectivity index (χ0n) is 20.7. The molecule has 9 heteroatoms. The monoisotopic (exact) mass is 535 g/mol. The van der Waals surface area contributed by atoms with E-state index in [0.29, 0.717) is 17.4 Å². The quantitative estimate of drug-likeness (QED) is 0.301. The summed E-state index contributed by atoms with van der Waals surface area (Å²) in [5.41, 5.74) is 3.14. The van der Waals surface area contributed by atoms with Gasteiger partial charge >= 0.3 is 0 Å². The van der Waals surface area contributed by atoms with Crippen molar-refractivity contribution in [1.29, 1.82) is 0 Å². The minimum Gasteiger partial charge on any atom is -0.486 e. The number of nitrogens with one attached hydrogen (secondary N) is 1. The molecule has 1 N–H and O–H groups in total. The third kappa shape index (κ3) is 5.72. The standard InChI is InChI=1S/C28H30ClN5O2S/c29-23-16-20(5-7-24(23)36-17-21-3-1-2-9-30-21)33-27-26-22-6-4-19(8-10-34-11-13-35-14-12-34)15-25(22)37-28(26)32-18-31-27/h1-3,5,7,9,16,18-19H,4,6,8,10-15,17H2,(H,31,32,33). The number of hydrogen-bond acceptors (Lipinski definition) is 8. The highest BCUT2D eigenvalue weighted by molar-refractivity contribution is 7.19. The lowest BCUT2D eigenvalue weighted by molar-refractivity contribution is 0.0351. The van der Waals surface area contributed by atoms with Crippen LogP contribution in [-0.4, -0.2) is 52.7 Å². The van der Waals surface area contributed by atoms with E-state index in [4.69, 9.17) is 21.1 Å². The number of morpholine rings is 1. The summed E-state index contributed by atoms with van der Waals surface area (Å²) >= 11 is 8.37. The van der Waals surface area contributed by atoms with E-state index in [1.807, 2.05) is 47.7 Å². The zero-order chi connectivity index (χ0) is 25.0. The van der Waals surface area contributed by atoms with Gasteiger partial charge in [0.05, 0.1) is 29.3 Å². The van der Waals surface area contributed by atoms with Gasteiger partial charge in [-0.05, 0) is 74.0 Å². The van der Waals surface area contributed by atoms with Crippen LogP contribution < -0.4 is 10.1 Å². The molecule has 1 aliphatic heterocycles. The van der Waals surface area contributed by atoms with Crippen molar-refractivity contribution in [1.82, 2.24) is 19.9 Å². The number of anilines is 2. The number of benzene rings is 1. The number of rotatable bonds is 8. The summed E-state index contributed by atoms with van der Waals surface area (Å²) < 4.78 is 11.4. The summed E-state index contributed by atoms with van der Waals surface area (Å²) in [6.07, 6.45) is 8.07. The number of aromatic nitrogens is 3. The van der Waals surface area contributed by atoms with Crippen LogP contribution in [0, 0.1) is 5.92 Å². The Labute approximate surface area is 225 Å². The van der Waals surface area contributed by atoms with E-state index >= 15 is 0 Å². The molecular formula is C28H30ClN5O2S. The third-order valence-electron chi connectivity index (χ3n) is 7.20. The number of ether oxygens (including phenoxy) is 2. The lowest BCUT2D eigenvalue weighted by Crippen LogP contribution is -2.37. The maximum atomic E-state index is 6.55. The van der Waals surface area contributed by atoms with Crippen LogP contribution in [0.1, 0.15) is 29.0 Å². The van der Waals surface area contributed by atoms with Crippen LogP contribution in [0.15, 0.2) is 48.9 Å². The highest BCUT2D eigenvalue weighted by Gasteiger charge is 2.26. The first-order valence-corrected chi connectivity index (χ1v) is 14.1. The fourth-order valence-electron chi connectivity index (χ4n) is 5.18. The van der Waals surface area contributed by atoms with Crippen LogP contribution in [0.4, 0.5) is 11.5 Å². The summed E-state index contributed by atoms with van der Waals surface area (Å²) in [4.78, 5) is 18.6. The average Bonchev–Trinajstić information content (AvgIpc) is 3.31. The smallest absolute Gasteiger partial charge is 0.142 e. The molecule has 6 rings (SSSR count). The maximum Gasteiger partial charge on any atom is 0.142 e. The zero-order valence-corrected chi connectivity index (χ0v) is 22.2. The van der Waals surface area contributed by atoms with Gasteiger partial charge in [0.25, 0.3) is 0 Å². The van der Waals surface area contributed by atoms with Gasteiger partial charge < -0.3 is 14.8 Å². The van der Waals surface area contributed by atoms with Gasteiger partial charge in [0.2, 0.25) is 0 Å². The first-order chi connectivity index (χ1) is 18.2. The van der Waals surface area contributed by atoms with Crippen LogP contribution in [0.3, 0.4) is 0 Å². The van der Waals surface area contributed by atoms with Crippen molar-refractivity contribution >= 4 is 44.7 Å². The molecule has 1 atom stereocenters. The summed E-state index contributed by atoms with van der Waals surface area (Å²) in [6.45, 7) is 5.40. The summed E-state index contributed by atoms with van der Waals surface area (Å²) in [7, 11) is 0. The highest BCUT2D eigenvalue weighted by Crippen LogP contribution is 2.41. The molecular weight excluding hydrogens is 506 g/mol. The molecule has 1 fully saturated rings. The lowest BCUT2D eigenvalue weighted by atomic mass is 9.85. The van der Waals surface area contributed by atoms with Gasteiger partial charge in [0, 0.05) is 29.9 Å². The van der Waals surface area contributed by atoms with Crippen LogP contribution in [0.25, 0.3) is 10.2 Å². The average molecular weight is 536 g/mol. The molecule has 4 heterocycles. The predicted octanol–water partition coefficient (Wildman–Crippen LogP) is 5.89. The molecule has 1 aliphatic carbocycles. The lowest BCUT2D eigenvalue weighted by Gasteiger charge is -2.29. The van der Waals surface area contributed by atoms with E-state index in [1.165, 1.54) is 29.8 Å². The minimum atomic E-state index is 0.369. The second kappa shape index (κ2) is 11.3. The Kier molecular flexibility index (Phi) is 7.50. The van der Waals surface area contributed by atoms with Gasteiger partial charge in [-0.2, -0.15) is 0 Å². The van der Waals surface area contributed by atoms with Gasteiger partial charge in [-0.3, -0.25) is 9.88 Å². The summed E-state index contributed by atoms with van der Waals surface area (Å²) in [6, 6.07) is 11.5. The Morgan fingerprint density at radius 1 is 1.14 bits per heavy atom. The molecule has 1 unspecified atom stereocenters. The molecule has 0 bridgehead atoms. The largest absolute Gasteiger partial charge is 0.486 e. The topological polar surface area (TPSA) is 72.4 Å². The van der Waals surface area contributed by atoms with Crippen LogP contribution in [-0.2, 0) is 24.2 Å². The normalized spacial score (nSPS) is 18.0. The third-order valence-corrected chi connectivity index (χ3v) is 8.66. The highest BCUT2D eigenvalue weighted by atomic mass is 35.5.